The molecule has 2 fully saturated rings. The van der Waals surface area contributed by atoms with Crippen LogP contribution in [0.15, 0.2) is 24.3 Å². The molecule has 0 aromatic heterocycles. The minimum Gasteiger partial charge on any atom is -0.260 e. The van der Waals surface area contributed by atoms with Crippen LogP contribution in [0.2, 0.25) is 0 Å². The van der Waals surface area contributed by atoms with Gasteiger partial charge in [0.2, 0.25) is 0 Å². The number of unbranched alkanes of at least 4 members (excludes halogenated alkanes) is 6. The quantitative estimate of drug-likeness (QED) is 0.160. The van der Waals surface area contributed by atoms with E-state index in [-0.39, 0.29) is 12.2 Å². The van der Waals surface area contributed by atoms with E-state index in [1.807, 2.05) is 0 Å². The van der Waals surface area contributed by atoms with Crippen LogP contribution in [-0.2, 0) is 17.2 Å². The molecular weight excluding hydrogens is 527 g/mol. The maximum Gasteiger partial charge on any atom is 0.453 e. The van der Waals surface area contributed by atoms with Gasteiger partial charge >= 0.3 is 12.1 Å². The molecule has 4 rings (SSSR count). The van der Waals surface area contributed by atoms with Gasteiger partial charge in [-0.05, 0) is 91.6 Å². The Labute approximate surface area is 234 Å². The van der Waals surface area contributed by atoms with Crippen LogP contribution in [-0.4, -0.2) is 27.8 Å². The van der Waals surface area contributed by atoms with Crippen molar-refractivity contribution < 1.29 is 26.2 Å². The zero-order valence-electron chi connectivity index (χ0n) is 23.6. The van der Waals surface area contributed by atoms with Gasteiger partial charge in [0, 0.05) is 28.7 Å². The lowest BCUT2D eigenvalue weighted by Gasteiger charge is -2.52. The predicted molar refractivity (Wildman–Crippen MR) is 150 cm³/mol. The van der Waals surface area contributed by atoms with E-state index in [1.54, 1.807) is 11.1 Å². The Hall–Kier alpha value is -0.980. The van der Waals surface area contributed by atoms with E-state index < -0.39 is 29.3 Å². The first-order valence-electron chi connectivity index (χ1n) is 15.4. The van der Waals surface area contributed by atoms with Gasteiger partial charge < -0.3 is 0 Å². The summed E-state index contributed by atoms with van der Waals surface area (Å²) in [6.07, 6.45) is 10.0. The summed E-state index contributed by atoms with van der Waals surface area (Å²) >= 11 is 0. The summed E-state index contributed by atoms with van der Waals surface area (Å²) in [5.74, 6) is -1.08. The van der Waals surface area contributed by atoms with Crippen molar-refractivity contribution in [3.63, 3.8) is 0 Å². The summed E-state index contributed by atoms with van der Waals surface area (Å²) in [5.41, 5.74) is 3.80. The fourth-order valence-corrected chi connectivity index (χ4v) is 9.45. The van der Waals surface area contributed by atoms with Gasteiger partial charge in [-0.1, -0.05) is 76.1 Å². The molecule has 1 aromatic carbocycles. The highest BCUT2D eigenvalue weighted by molar-refractivity contribution is 7.84. The SMILES string of the molecule is C[C@@]12CCC[C@H]1[C@H]1[C@H](CCCCCCCCCS(=O)CCCC(F)(F)C(F)(F)F)Cc3ccccc3[C@H]1CC2. The molecule has 0 aliphatic heterocycles. The van der Waals surface area contributed by atoms with E-state index in [1.165, 1.54) is 64.2 Å². The van der Waals surface area contributed by atoms with Crippen molar-refractivity contribution in [1.82, 2.24) is 0 Å². The van der Waals surface area contributed by atoms with Crippen molar-refractivity contribution in [3.8, 4) is 0 Å². The van der Waals surface area contributed by atoms with Crippen LogP contribution in [0.3, 0.4) is 0 Å². The van der Waals surface area contributed by atoms with Crippen LogP contribution in [0, 0.1) is 23.2 Å². The molecule has 1 unspecified atom stereocenters. The first kappa shape index (κ1) is 31.0. The summed E-state index contributed by atoms with van der Waals surface area (Å²) in [5, 5.41) is 0. The summed E-state index contributed by atoms with van der Waals surface area (Å²) in [6, 6.07) is 9.21. The van der Waals surface area contributed by atoms with E-state index >= 15 is 0 Å². The number of alkyl halides is 5. The molecule has 39 heavy (non-hydrogen) atoms. The number of rotatable bonds is 14. The van der Waals surface area contributed by atoms with Crippen molar-refractivity contribution in [1.29, 1.82) is 0 Å². The molecule has 3 aliphatic rings. The normalized spacial score (nSPS) is 29.5. The predicted octanol–water partition coefficient (Wildman–Crippen LogP) is 10.0. The molecule has 0 radical (unpaired) electrons. The van der Waals surface area contributed by atoms with Gasteiger partial charge in [0.1, 0.15) is 0 Å². The van der Waals surface area contributed by atoms with Crippen LogP contribution in [0.1, 0.15) is 120 Å². The monoisotopic (exact) mass is 574 g/mol. The fraction of sp³-hybridized carbons (Fsp3) is 0.812. The van der Waals surface area contributed by atoms with Gasteiger partial charge in [-0.3, -0.25) is 4.21 Å². The highest BCUT2D eigenvalue weighted by Gasteiger charge is 2.56. The third-order valence-corrected chi connectivity index (χ3v) is 11.8. The Morgan fingerprint density at radius 2 is 1.54 bits per heavy atom. The van der Waals surface area contributed by atoms with Gasteiger partial charge in [-0.25, -0.2) is 0 Å². The van der Waals surface area contributed by atoms with Gasteiger partial charge in [0.05, 0.1) is 0 Å². The maximum absolute atomic E-state index is 12.9. The van der Waals surface area contributed by atoms with Crippen LogP contribution in [0.25, 0.3) is 0 Å². The Bertz CT molecular complexity index is 947. The molecule has 0 amide bonds. The van der Waals surface area contributed by atoms with E-state index in [2.05, 4.69) is 31.2 Å². The van der Waals surface area contributed by atoms with Crippen LogP contribution < -0.4 is 0 Å². The summed E-state index contributed by atoms with van der Waals surface area (Å²) in [6.45, 7) is 2.57. The number of hydrogen-bond donors (Lipinski definition) is 0. The van der Waals surface area contributed by atoms with Crippen LogP contribution in [0.5, 0.6) is 0 Å². The molecule has 0 saturated heterocycles. The number of hydrogen-bond acceptors (Lipinski definition) is 1. The van der Waals surface area contributed by atoms with Crippen molar-refractivity contribution in [2.75, 3.05) is 11.5 Å². The van der Waals surface area contributed by atoms with Crippen molar-refractivity contribution >= 4 is 10.8 Å². The average Bonchev–Trinajstić information content (AvgIpc) is 3.28. The van der Waals surface area contributed by atoms with E-state index in [0.717, 1.165) is 49.4 Å². The van der Waals surface area contributed by atoms with Crippen molar-refractivity contribution in [2.24, 2.45) is 23.2 Å². The minimum absolute atomic E-state index is 0.0842. The van der Waals surface area contributed by atoms with Crippen molar-refractivity contribution in [2.45, 2.75) is 128 Å². The Kier molecular flexibility index (Phi) is 10.6. The summed E-state index contributed by atoms with van der Waals surface area (Å²) in [4.78, 5) is 0. The minimum atomic E-state index is -5.52. The van der Waals surface area contributed by atoms with E-state index in [9.17, 15) is 26.2 Å². The lowest BCUT2D eigenvalue weighted by Crippen LogP contribution is -2.44. The molecule has 1 nitrogen and oxygen atoms in total. The smallest absolute Gasteiger partial charge is 0.260 e. The van der Waals surface area contributed by atoms with Crippen molar-refractivity contribution in [3.05, 3.63) is 35.4 Å². The summed E-state index contributed by atoms with van der Waals surface area (Å²) < 4.78 is 74.5. The first-order chi connectivity index (χ1) is 18.5. The topological polar surface area (TPSA) is 17.1 Å². The Morgan fingerprint density at radius 3 is 2.28 bits per heavy atom. The molecule has 1 aromatic rings. The lowest BCUT2D eigenvalue weighted by molar-refractivity contribution is -0.284. The zero-order valence-corrected chi connectivity index (χ0v) is 24.4. The largest absolute Gasteiger partial charge is 0.453 e. The third kappa shape index (κ3) is 7.65. The van der Waals surface area contributed by atoms with Gasteiger partial charge in [0.15, 0.2) is 0 Å². The van der Waals surface area contributed by atoms with Gasteiger partial charge in [-0.2, -0.15) is 22.0 Å². The second-order valence-electron chi connectivity index (χ2n) is 13.0. The average molecular weight is 575 g/mol. The summed E-state index contributed by atoms with van der Waals surface area (Å²) in [7, 11) is -1.32. The molecule has 0 bridgehead atoms. The Morgan fingerprint density at radius 1 is 0.872 bits per heavy atom. The highest BCUT2D eigenvalue weighted by atomic mass is 32.2. The van der Waals surface area contributed by atoms with E-state index in [0.29, 0.717) is 11.2 Å². The van der Waals surface area contributed by atoms with Crippen LogP contribution >= 0.6 is 0 Å². The Balaban J connectivity index is 1.11. The third-order valence-electron chi connectivity index (χ3n) is 10.3. The molecule has 6 atom stereocenters. The first-order valence-corrected chi connectivity index (χ1v) is 16.9. The van der Waals surface area contributed by atoms with Crippen LogP contribution in [0.4, 0.5) is 22.0 Å². The second kappa shape index (κ2) is 13.3. The molecule has 0 N–H and O–H groups in total. The van der Waals surface area contributed by atoms with E-state index in [4.69, 9.17) is 0 Å². The zero-order chi connectivity index (χ0) is 28.1. The standard InChI is InChI=1S/C32H47F5OS/c1-30-18-11-16-28(30)29-25(23-24-13-8-9-15-26(24)27(29)17-20-30)14-7-5-3-2-4-6-10-21-39(38)22-12-19-31(33,34)32(35,36)37/h8-9,13,15,25,27-29H,2-7,10-12,14,16-23H2,1H3/t25-,27-,28+,29+,30+,39?/m1/s1. The molecule has 0 heterocycles. The number of halogens is 5. The molecule has 7 heteroatoms. The fourth-order valence-electron chi connectivity index (χ4n) is 8.25. The number of benzene rings is 1. The second-order valence-corrected chi connectivity index (χ2v) is 14.7. The molecular formula is C32H47F5OS. The molecule has 222 valence electrons. The highest BCUT2D eigenvalue weighted by Crippen LogP contribution is 2.62. The van der Waals surface area contributed by atoms with Gasteiger partial charge in [0.25, 0.3) is 0 Å². The molecule has 0 spiro atoms. The molecule has 3 aliphatic carbocycles. The van der Waals surface area contributed by atoms with Gasteiger partial charge in [-0.15, -0.1) is 0 Å². The molecule has 2 saturated carbocycles. The number of fused-ring (bicyclic) bond motifs is 5. The maximum atomic E-state index is 12.9. The lowest BCUT2D eigenvalue weighted by atomic mass is 9.52.